The zero-order valence-electron chi connectivity index (χ0n) is 14.8. The largest absolute Gasteiger partial charge is 0.493 e. The van der Waals surface area contributed by atoms with Crippen LogP contribution in [0.5, 0.6) is 5.75 Å². The Labute approximate surface area is 157 Å². The van der Waals surface area contributed by atoms with Crippen LogP contribution in [0.4, 0.5) is 5.69 Å². The van der Waals surface area contributed by atoms with Crippen LogP contribution in [0.25, 0.3) is 0 Å². The normalized spacial score (nSPS) is 15.9. The second kappa shape index (κ2) is 7.89. The van der Waals surface area contributed by atoms with Crippen molar-refractivity contribution in [3.63, 3.8) is 0 Å². The Morgan fingerprint density at radius 3 is 2.81 bits per heavy atom. The first-order valence-corrected chi connectivity index (χ1v) is 9.02. The average molecular weight is 373 g/mol. The summed E-state index contributed by atoms with van der Waals surface area (Å²) in [4.78, 5) is 24.4. The van der Waals surface area contributed by atoms with E-state index in [1.165, 1.54) is 12.5 Å². The fourth-order valence-electron chi connectivity index (χ4n) is 3.01. The van der Waals surface area contributed by atoms with Crippen molar-refractivity contribution in [2.45, 2.75) is 25.8 Å². The first kappa shape index (κ1) is 18.4. The predicted octanol–water partition coefficient (Wildman–Crippen LogP) is 3.92. The van der Waals surface area contributed by atoms with Gasteiger partial charge in [-0.2, -0.15) is 0 Å². The molecule has 0 spiro atoms. The number of carbonyl (C=O) groups is 2. The van der Waals surface area contributed by atoms with Crippen molar-refractivity contribution in [3.05, 3.63) is 58.7 Å². The van der Waals surface area contributed by atoms with Crippen LogP contribution in [0.2, 0.25) is 0 Å². The topological polar surface area (TPSA) is 67.4 Å². The van der Waals surface area contributed by atoms with Crippen molar-refractivity contribution in [1.29, 1.82) is 0 Å². The Hall–Kier alpha value is -2.37. The number of halogens is 1. The van der Waals surface area contributed by atoms with E-state index in [1.807, 2.05) is 25.1 Å². The van der Waals surface area contributed by atoms with Gasteiger partial charge in [0.1, 0.15) is 11.3 Å². The molecule has 1 heterocycles. The van der Waals surface area contributed by atoms with Crippen molar-refractivity contribution >= 4 is 29.0 Å². The summed E-state index contributed by atoms with van der Waals surface area (Å²) in [6.07, 6.45) is 0.910. The van der Waals surface area contributed by atoms with Crippen molar-refractivity contribution < 1.29 is 14.3 Å². The second-order valence-electron chi connectivity index (χ2n) is 6.13. The van der Waals surface area contributed by atoms with Gasteiger partial charge in [-0.1, -0.05) is 6.07 Å². The van der Waals surface area contributed by atoms with Crippen molar-refractivity contribution in [1.82, 2.24) is 5.32 Å². The highest BCUT2D eigenvalue weighted by Crippen LogP contribution is 2.29. The quantitative estimate of drug-likeness (QED) is 0.474. The number of ether oxygens (including phenoxy) is 1. The number of carbonyl (C=O) groups excluding carboxylic acids is 2. The van der Waals surface area contributed by atoms with Gasteiger partial charge in [-0.05, 0) is 61.7 Å². The first-order valence-electron chi connectivity index (χ1n) is 8.59. The molecule has 5 nitrogen and oxygen atoms in total. The van der Waals surface area contributed by atoms with E-state index in [-0.39, 0.29) is 17.2 Å². The Morgan fingerprint density at radius 2 is 2.08 bits per heavy atom. The zero-order chi connectivity index (χ0) is 18.7. The third kappa shape index (κ3) is 3.89. The van der Waals surface area contributed by atoms with E-state index in [0.29, 0.717) is 29.2 Å². The number of ketones is 1. The van der Waals surface area contributed by atoms with Crippen LogP contribution in [0.1, 0.15) is 51.2 Å². The molecule has 0 aromatic heterocycles. The van der Waals surface area contributed by atoms with Gasteiger partial charge in [0.05, 0.1) is 12.2 Å². The van der Waals surface area contributed by atoms with E-state index in [9.17, 15) is 9.59 Å². The van der Waals surface area contributed by atoms with Gasteiger partial charge in [0.15, 0.2) is 5.78 Å². The number of benzene rings is 2. The molecule has 2 aromatic carbocycles. The fourth-order valence-corrected chi connectivity index (χ4v) is 3.32. The SMILES string of the molecule is CCOc1ccc(C(=O)Nc2ccc3c(c2)C(Cl)NCC3)cc1C(C)=O. The van der Waals surface area contributed by atoms with Crippen LogP contribution >= 0.6 is 11.6 Å². The summed E-state index contributed by atoms with van der Waals surface area (Å²) in [7, 11) is 0. The van der Waals surface area contributed by atoms with E-state index in [0.717, 1.165) is 18.5 Å². The number of fused-ring (bicyclic) bond motifs is 1. The van der Waals surface area contributed by atoms with Gasteiger partial charge in [-0.3, -0.25) is 14.9 Å². The monoisotopic (exact) mass is 372 g/mol. The molecule has 0 bridgehead atoms. The molecule has 26 heavy (non-hydrogen) atoms. The Bertz CT molecular complexity index is 851. The summed E-state index contributed by atoms with van der Waals surface area (Å²) in [6, 6.07) is 10.6. The molecule has 2 aromatic rings. The zero-order valence-corrected chi connectivity index (χ0v) is 15.5. The van der Waals surface area contributed by atoms with Crippen LogP contribution in [0.3, 0.4) is 0 Å². The summed E-state index contributed by atoms with van der Waals surface area (Å²) in [5.41, 5.74) is 3.37. The molecular formula is C20H21ClN2O3. The lowest BCUT2D eigenvalue weighted by molar-refractivity contribution is 0.101. The highest BCUT2D eigenvalue weighted by atomic mass is 35.5. The Morgan fingerprint density at radius 1 is 1.27 bits per heavy atom. The molecule has 2 N–H and O–H groups in total. The number of nitrogens with one attached hydrogen (secondary N) is 2. The molecule has 136 valence electrons. The van der Waals surface area contributed by atoms with Crippen LogP contribution in [-0.4, -0.2) is 24.8 Å². The summed E-state index contributed by atoms with van der Waals surface area (Å²) in [5.74, 6) is 0.0553. The summed E-state index contributed by atoms with van der Waals surface area (Å²) in [6.45, 7) is 4.59. The molecule has 1 amide bonds. The van der Waals surface area contributed by atoms with Crippen molar-refractivity contribution in [3.8, 4) is 5.75 Å². The van der Waals surface area contributed by atoms with Gasteiger partial charge >= 0.3 is 0 Å². The number of rotatable bonds is 5. The third-order valence-corrected chi connectivity index (χ3v) is 4.70. The highest BCUT2D eigenvalue weighted by molar-refractivity contribution is 6.20. The van der Waals surface area contributed by atoms with E-state index in [4.69, 9.17) is 16.3 Å². The smallest absolute Gasteiger partial charge is 0.255 e. The van der Waals surface area contributed by atoms with Gasteiger partial charge in [0.2, 0.25) is 0 Å². The average Bonchev–Trinajstić information content (AvgIpc) is 2.62. The maximum atomic E-state index is 12.6. The molecule has 1 unspecified atom stereocenters. The van der Waals surface area contributed by atoms with Gasteiger partial charge in [-0.25, -0.2) is 0 Å². The molecule has 0 saturated heterocycles. The maximum absolute atomic E-state index is 12.6. The third-order valence-electron chi connectivity index (χ3n) is 4.32. The number of alkyl halides is 1. The van der Waals surface area contributed by atoms with Crippen LogP contribution in [0, 0.1) is 0 Å². The summed E-state index contributed by atoms with van der Waals surface area (Å²) in [5, 5.41) is 6.06. The summed E-state index contributed by atoms with van der Waals surface area (Å²) >= 11 is 6.30. The second-order valence-corrected chi connectivity index (χ2v) is 6.57. The van der Waals surface area contributed by atoms with Crippen molar-refractivity contribution in [2.24, 2.45) is 0 Å². The van der Waals surface area contributed by atoms with Crippen LogP contribution in [0.15, 0.2) is 36.4 Å². The van der Waals surface area contributed by atoms with Crippen LogP contribution < -0.4 is 15.4 Å². The number of amides is 1. The fraction of sp³-hybridized carbons (Fsp3) is 0.300. The maximum Gasteiger partial charge on any atom is 0.255 e. The highest BCUT2D eigenvalue weighted by Gasteiger charge is 2.19. The molecule has 0 radical (unpaired) electrons. The minimum absolute atomic E-state index is 0.145. The molecule has 1 aliphatic heterocycles. The molecule has 0 saturated carbocycles. The van der Waals surface area contributed by atoms with E-state index in [2.05, 4.69) is 10.6 Å². The summed E-state index contributed by atoms with van der Waals surface area (Å²) < 4.78 is 5.45. The number of anilines is 1. The molecule has 6 heteroatoms. The van der Waals surface area contributed by atoms with E-state index in [1.54, 1.807) is 18.2 Å². The van der Waals surface area contributed by atoms with Gasteiger partial charge < -0.3 is 10.1 Å². The van der Waals surface area contributed by atoms with Gasteiger partial charge in [0, 0.05) is 17.8 Å². The van der Waals surface area contributed by atoms with E-state index >= 15 is 0 Å². The first-order chi connectivity index (χ1) is 12.5. The number of Topliss-reactive ketones (excluding diaryl/α,β-unsaturated/α-hetero) is 1. The Kier molecular flexibility index (Phi) is 5.59. The lowest BCUT2D eigenvalue weighted by atomic mass is 10.00. The predicted molar refractivity (Wildman–Crippen MR) is 102 cm³/mol. The lowest BCUT2D eigenvalue weighted by Gasteiger charge is -2.23. The van der Waals surface area contributed by atoms with E-state index < -0.39 is 0 Å². The van der Waals surface area contributed by atoms with Crippen LogP contribution in [-0.2, 0) is 6.42 Å². The minimum atomic E-state index is -0.287. The standard InChI is InChI=1S/C20H21ClN2O3/c1-3-26-18-7-5-14(10-16(18)12(2)24)20(25)23-15-6-4-13-8-9-22-19(21)17(13)11-15/h4-7,10-11,19,22H,3,8-9H2,1-2H3,(H,23,25). The Balaban J connectivity index is 1.83. The number of hydrogen-bond donors (Lipinski definition) is 2. The molecule has 1 atom stereocenters. The molecule has 0 fully saturated rings. The molecule has 1 aliphatic rings. The number of hydrogen-bond acceptors (Lipinski definition) is 4. The minimum Gasteiger partial charge on any atom is -0.493 e. The molecule has 3 rings (SSSR count). The molecular weight excluding hydrogens is 352 g/mol. The molecule has 0 aliphatic carbocycles. The van der Waals surface area contributed by atoms with Gasteiger partial charge in [-0.15, -0.1) is 11.6 Å². The lowest BCUT2D eigenvalue weighted by Crippen LogP contribution is -2.26. The van der Waals surface area contributed by atoms with Crippen molar-refractivity contribution in [2.75, 3.05) is 18.5 Å². The van der Waals surface area contributed by atoms with Gasteiger partial charge in [0.25, 0.3) is 5.91 Å².